The second-order valence-corrected chi connectivity index (χ2v) is 5.35. The number of methoxy groups -OCH3 is 2. The summed E-state index contributed by atoms with van der Waals surface area (Å²) in [5.41, 5.74) is 16.3. The third kappa shape index (κ3) is 2.96. The standard InChI is InChI=1S/C19H19N3O2/c1-23-17-8-5-13(10-18(17)24-2)14-9-16(19(21)22-11-14)12-3-6-15(20)7-4-12/h3-11H,20H2,1-2H3,(H2,21,22). The van der Waals surface area contributed by atoms with Gasteiger partial charge in [0.15, 0.2) is 11.5 Å². The molecule has 5 heteroatoms. The van der Waals surface area contributed by atoms with Crippen molar-refractivity contribution in [1.82, 2.24) is 4.98 Å². The quantitative estimate of drug-likeness (QED) is 0.717. The molecule has 2 aromatic carbocycles. The van der Waals surface area contributed by atoms with Gasteiger partial charge in [-0.25, -0.2) is 4.98 Å². The molecule has 0 bridgehead atoms. The number of nitrogens with two attached hydrogens (primary N) is 2. The normalized spacial score (nSPS) is 10.4. The first-order chi connectivity index (χ1) is 11.6. The van der Waals surface area contributed by atoms with Crippen molar-refractivity contribution in [3.05, 3.63) is 54.7 Å². The Balaban J connectivity index is 2.07. The number of nitrogen functional groups attached to an aromatic ring is 2. The van der Waals surface area contributed by atoms with E-state index >= 15 is 0 Å². The number of hydrogen-bond acceptors (Lipinski definition) is 5. The topological polar surface area (TPSA) is 83.4 Å². The van der Waals surface area contributed by atoms with Crippen molar-refractivity contribution in [1.29, 1.82) is 0 Å². The fourth-order valence-corrected chi connectivity index (χ4v) is 2.54. The number of anilines is 2. The van der Waals surface area contributed by atoms with E-state index in [0.29, 0.717) is 23.0 Å². The molecule has 1 aromatic heterocycles. The van der Waals surface area contributed by atoms with E-state index in [1.165, 1.54) is 0 Å². The van der Waals surface area contributed by atoms with Crippen molar-refractivity contribution in [2.75, 3.05) is 25.7 Å². The lowest BCUT2D eigenvalue weighted by Crippen LogP contribution is -1.96. The fraction of sp³-hybridized carbons (Fsp3) is 0.105. The maximum atomic E-state index is 6.05. The van der Waals surface area contributed by atoms with Gasteiger partial charge in [-0.15, -0.1) is 0 Å². The van der Waals surface area contributed by atoms with Crippen molar-refractivity contribution in [2.24, 2.45) is 0 Å². The van der Waals surface area contributed by atoms with Crippen molar-refractivity contribution in [3.63, 3.8) is 0 Å². The first kappa shape index (κ1) is 15.7. The largest absolute Gasteiger partial charge is 0.493 e. The lowest BCUT2D eigenvalue weighted by Gasteiger charge is -2.12. The van der Waals surface area contributed by atoms with E-state index < -0.39 is 0 Å². The Bertz CT molecular complexity index is 861. The Morgan fingerprint density at radius 3 is 2.08 bits per heavy atom. The van der Waals surface area contributed by atoms with E-state index in [9.17, 15) is 0 Å². The predicted molar refractivity (Wildman–Crippen MR) is 97.0 cm³/mol. The van der Waals surface area contributed by atoms with Gasteiger partial charge in [-0.2, -0.15) is 0 Å². The van der Waals surface area contributed by atoms with E-state index in [0.717, 1.165) is 22.3 Å². The molecule has 0 aliphatic rings. The molecule has 5 nitrogen and oxygen atoms in total. The summed E-state index contributed by atoms with van der Waals surface area (Å²) in [5.74, 6) is 1.83. The smallest absolute Gasteiger partial charge is 0.161 e. The molecule has 0 fully saturated rings. The average molecular weight is 321 g/mol. The van der Waals surface area contributed by atoms with Gasteiger partial charge in [-0.1, -0.05) is 18.2 Å². The molecule has 4 N–H and O–H groups in total. The number of aromatic nitrogens is 1. The molecule has 122 valence electrons. The van der Waals surface area contributed by atoms with Gasteiger partial charge >= 0.3 is 0 Å². The van der Waals surface area contributed by atoms with Crippen LogP contribution in [-0.2, 0) is 0 Å². The van der Waals surface area contributed by atoms with E-state index in [2.05, 4.69) is 4.98 Å². The van der Waals surface area contributed by atoms with E-state index in [4.69, 9.17) is 20.9 Å². The molecule has 24 heavy (non-hydrogen) atoms. The number of hydrogen-bond donors (Lipinski definition) is 2. The van der Waals surface area contributed by atoms with Crippen molar-refractivity contribution in [2.45, 2.75) is 0 Å². The Labute approximate surface area is 140 Å². The number of pyridine rings is 1. The number of nitrogens with zero attached hydrogens (tertiary/aromatic N) is 1. The molecule has 1 heterocycles. The SMILES string of the molecule is COc1ccc(-c2cnc(N)c(-c3ccc(N)cc3)c2)cc1OC. The first-order valence-corrected chi connectivity index (χ1v) is 7.46. The van der Waals surface area contributed by atoms with Crippen molar-refractivity contribution >= 4 is 11.5 Å². The Morgan fingerprint density at radius 1 is 0.750 bits per heavy atom. The summed E-state index contributed by atoms with van der Waals surface area (Å²) in [7, 11) is 3.23. The van der Waals surface area contributed by atoms with Gasteiger partial charge in [0.1, 0.15) is 5.82 Å². The van der Waals surface area contributed by atoms with Gasteiger partial charge in [0, 0.05) is 23.0 Å². The highest BCUT2D eigenvalue weighted by Crippen LogP contribution is 2.34. The maximum Gasteiger partial charge on any atom is 0.161 e. The van der Waals surface area contributed by atoms with Crippen LogP contribution in [0.4, 0.5) is 11.5 Å². The zero-order valence-corrected chi connectivity index (χ0v) is 13.6. The zero-order valence-electron chi connectivity index (χ0n) is 13.6. The van der Waals surface area contributed by atoms with Crippen molar-refractivity contribution in [3.8, 4) is 33.8 Å². The lowest BCUT2D eigenvalue weighted by atomic mass is 10.0. The number of benzene rings is 2. The van der Waals surface area contributed by atoms with Gasteiger partial charge in [0.2, 0.25) is 0 Å². The fourth-order valence-electron chi connectivity index (χ4n) is 2.54. The highest BCUT2D eigenvalue weighted by Gasteiger charge is 2.10. The minimum Gasteiger partial charge on any atom is -0.493 e. The molecule has 0 aliphatic heterocycles. The Morgan fingerprint density at radius 2 is 1.42 bits per heavy atom. The molecular formula is C19H19N3O2. The van der Waals surface area contributed by atoms with E-state index in [-0.39, 0.29) is 0 Å². The molecule has 0 spiro atoms. The molecule has 0 unspecified atom stereocenters. The van der Waals surface area contributed by atoms with Crippen LogP contribution >= 0.6 is 0 Å². The van der Waals surface area contributed by atoms with Gasteiger partial charge in [0.25, 0.3) is 0 Å². The summed E-state index contributed by atoms with van der Waals surface area (Å²) in [4.78, 5) is 4.33. The molecular weight excluding hydrogens is 302 g/mol. The highest BCUT2D eigenvalue weighted by molar-refractivity contribution is 5.80. The summed E-state index contributed by atoms with van der Waals surface area (Å²) in [5, 5.41) is 0. The van der Waals surface area contributed by atoms with Crippen LogP contribution in [0.5, 0.6) is 11.5 Å². The summed E-state index contributed by atoms with van der Waals surface area (Å²) >= 11 is 0. The summed E-state index contributed by atoms with van der Waals surface area (Å²) < 4.78 is 10.6. The van der Waals surface area contributed by atoms with Crippen LogP contribution in [0.2, 0.25) is 0 Å². The second kappa shape index (κ2) is 6.50. The summed E-state index contributed by atoms with van der Waals surface area (Å²) in [6.07, 6.45) is 1.75. The zero-order chi connectivity index (χ0) is 17.1. The van der Waals surface area contributed by atoms with Crippen LogP contribution in [-0.4, -0.2) is 19.2 Å². The van der Waals surface area contributed by atoms with Crippen LogP contribution < -0.4 is 20.9 Å². The average Bonchev–Trinajstić information content (AvgIpc) is 2.62. The third-order valence-corrected chi connectivity index (χ3v) is 3.86. The van der Waals surface area contributed by atoms with Gasteiger partial charge in [-0.05, 0) is 41.5 Å². The number of ether oxygens (including phenoxy) is 2. The molecule has 0 aliphatic carbocycles. The summed E-state index contributed by atoms with van der Waals surface area (Å²) in [6, 6.07) is 15.3. The van der Waals surface area contributed by atoms with Gasteiger partial charge in [0.05, 0.1) is 14.2 Å². The van der Waals surface area contributed by atoms with Crippen LogP contribution in [0.15, 0.2) is 54.7 Å². The predicted octanol–water partition coefficient (Wildman–Crippen LogP) is 3.60. The third-order valence-electron chi connectivity index (χ3n) is 3.86. The molecule has 0 saturated heterocycles. The van der Waals surface area contributed by atoms with E-state index in [1.54, 1.807) is 20.4 Å². The molecule has 0 radical (unpaired) electrons. The Kier molecular flexibility index (Phi) is 4.24. The molecule has 0 saturated carbocycles. The van der Waals surface area contributed by atoms with Gasteiger partial charge in [-0.3, -0.25) is 0 Å². The van der Waals surface area contributed by atoms with Crippen LogP contribution in [0, 0.1) is 0 Å². The molecule has 3 rings (SSSR count). The van der Waals surface area contributed by atoms with E-state index in [1.807, 2.05) is 48.5 Å². The van der Waals surface area contributed by atoms with Crippen LogP contribution in [0.25, 0.3) is 22.3 Å². The molecule has 3 aromatic rings. The maximum absolute atomic E-state index is 6.05. The monoisotopic (exact) mass is 321 g/mol. The molecule has 0 amide bonds. The van der Waals surface area contributed by atoms with Crippen LogP contribution in [0.1, 0.15) is 0 Å². The van der Waals surface area contributed by atoms with Crippen LogP contribution in [0.3, 0.4) is 0 Å². The van der Waals surface area contributed by atoms with Crippen molar-refractivity contribution < 1.29 is 9.47 Å². The second-order valence-electron chi connectivity index (χ2n) is 5.35. The summed E-state index contributed by atoms with van der Waals surface area (Å²) in [6.45, 7) is 0. The minimum absolute atomic E-state index is 0.476. The first-order valence-electron chi connectivity index (χ1n) is 7.46. The number of rotatable bonds is 4. The lowest BCUT2D eigenvalue weighted by molar-refractivity contribution is 0.355. The highest BCUT2D eigenvalue weighted by atomic mass is 16.5. The minimum atomic E-state index is 0.476. The molecule has 0 atom stereocenters. The Hall–Kier alpha value is -3.21. The van der Waals surface area contributed by atoms with Gasteiger partial charge < -0.3 is 20.9 Å².